The smallest absolute Gasteiger partial charge is 0.191 e. The maximum Gasteiger partial charge on any atom is 0.191 e. The Balaban J connectivity index is 0.00000288. The molecule has 1 aliphatic rings. The van der Waals surface area contributed by atoms with Gasteiger partial charge in [0.2, 0.25) is 0 Å². The van der Waals surface area contributed by atoms with Crippen molar-refractivity contribution < 1.29 is 4.39 Å². The minimum Gasteiger partial charge on any atom is -0.357 e. The molecular weight excluding hydrogens is 418 g/mol. The van der Waals surface area contributed by atoms with Crippen LogP contribution >= 0.6 is 24.0 Å². The summed E-state index contributed by atoms with van der Waals surface area (Å²) in [5, 5.41) is 6.63. The SMILES string of the molecule is CCNC(=NCC1CCCN1CC)NCCc1cccc(F)c1.I. The fourth-order valence-electron chi connectivity index (χ4n) is 3.07. The van der Waals surface area contributed by atoms with Gasteiger partial charge in [-0.2, -0.15) is 0 Å². The molecular formula is C18H30FIN4. The maximum atomic E-state index is 13.2. The lowest BCUT2D eigenvalue weighted by Crippen LogP contribution is -2.40. The van der Waals surface area contributed by atoms with Crippen molar-refractivity contribution in [3.63, 3.8) is 0 Å². The highest BCUT2D eigenvalue weighted by Crippen LogP contribution is 2.16. The minimum atomic E-state index is -0.177. The van der Waals surface area contributed by atoms with Gasteiger partial charge in [0, 0.05) is 19.1 Å². The van der Waals surface area contributed by atoms with Crippen LogP contribution in [0.1, 0.15) is 32.3 Å². The van der Waals surface area contributed by atoms with Crippen LogP contribution in [-0.4, -0.2) is 49.6 Å². The molecule has 2 rings (SSSR count). The van der Waals surface area contributed by atoms with Crippen molar-refractivity contribution in [3.8, 4) is 0 Å². The third-order valence-corrected chi connectivity index (χ3v) is 4.30. The third-order valence-electron chi connectivity index (χ3n) is 4.30. The Hall–Kier alpha value is -0.890. The van der Waals surface area contributed by atoms with Crippen LogP contribution in [0.2, 0.25) is 0 Å². The first-order chi connectivity index (χ1) is 11.2. The van der Waals surface area contributed by atoms with Crippen molar-refractivity contribution in [2.45, 2.75) is 39.2 Å². The highest BCUT2D eigenvalue weighted by atomic mass is 127. The van der Waals surface area contributed by atoms with E-state index in [2.05, 4.69) is 29.4 Å². The zero-order valence-electron chi connectivity index (χ0n) is 14.7. The molecule has 136 valence electrons. The van der Waals surface area contributed by atoms with Crippen LogP contribution in [-0.2, 0) is 6.42 Å². The standard InChI is InChI=1S/C18H29FN4.HI/c1-3-20-18(22-14-17-9-6-12-23(17)4-2)21-11-10-15-7-5-8-16(19)13-15;/h5,7-8,13,17H,3-4,6,9-12,14H2,1-2H3,(H2,20,21,22);1H. The van der Waals surface area contributed by atoms with E-state index in [1.165, 1.54) is 25.5 Å². The van der Waals surface area contributed by atoms with E-state index in [-0.39, 0.29) is 29.8 Å². The molecule has 0 saturated carbocycles. The molecule has 1 aromatic carbocycles. The number of likely N-dealkylation sites (tertiary alicyclic amines) is 1. The van der Waals surface area contributed by atoms with Crippen molar-refractivity contribution in [1.82, 2.24) is 15.5 Å². The summed E-state index contributed by atoms with van der Waals surface area (Å²) in [6.45, 7) is 9.00. The molecule has 24 heavy (non-hydrogen) atoms. The molecule has 0 radical (unpaired) electrons. The number of aliphatic imine (C=N–C) groups is 1. The van der Waals surface area contributed by atoms with Gasteiger partial charge in [-0.15, -0.1) is 24.0 Å². The number of halogens is 2. The average Bonchev–Trinajstić information content (AvgIpc) is 3.00. The summed E-state index contributed by atoms with van der Waals surface area (Å²) in [5.74, 6) is 0.677. The van der Waals surface area contributed by atoms with Crippen LogP contribution in [0.5, 0.6) is 0 Å². The molecule has 1 aromatic rings. The number of rotatable bonds is 7. The fraction of sp³-hybridized carbons (Fsp3) is 0.611. The Morgan fingerprint density at radius 1 is 1.33 bits per heavy atom. The molecule has 6 heteroatoms. The van der Waals surface area contributed by atoms with Crippen molar-refractivity contribution in [3.05, 3.63) is 35.6 Å². The molecule has 0 spiro atoms. The summed E-state index contributed by atoms with van der Waals surface area (Å²) >= 11 is 0. The second-order valence-corrected chi connectivity index (χ2v) is 5.95. The second kappa shape index (κ2) is 11.6. The van der Waals surface area contributed by atoms with Gasteiger partial charge in [0.25, 0.3) is 0 Å². The lowest BCUT2D eigenvalue weighted by molar-refractivity contribution is 0.273. The van der Waals surface area contributed by atoms with E-state index in [0.29, 0.717) is 6.04 Å². The quantitative estimate of drug-likeness (QED) is 0.383. The highest BCUT2D eigenvalue weighted by molar-refractivity contribution is 14.0. The molecule has 0 bridgehead atoms. The Kier molecular flexibility index (Phi) is 10.2. The lowest BCUT2D eigenvalue weighted by atomic mass is 10.1. The molecule has 4 nitrogen and oxygen atoms in total. The van der Waals surface area contributed by atoms with E-state index in [0.717, 1.165) is 44.1 Å². The monoisotopic (exact) mass is 448 g/mol. The molecule has 0 aromatic heterocycles. The van der Waals surface area contributed by atoms with Gasteiger partial charge in [-0.25, -0.2) is 4.39 Å². The predicted octanol–water partition coefficient (Wildman–Crippen LogP) is 3.03. The summed E-state index contributed by atoms with van der Waals surface area (Å²) in [6, 6.07) is 7.33. The molecule has 1 fully saturated rings. The molecule has 1 heterocycles. The number of hydrogen-bond donors (Lipinski definition) is 2. The van der Waals surface area contributed by atoms with Gasteiger partial charge >= 0.3 is 0 Å². The first-order valence-corrected chi connectivity index (χ1v) is 8.73. The number of hydrogen-bond acceptors (Lipinski definition) is 2. The number of benzene rings is 1. The molecule has 1 aliphatic heterocycles. The number of nitrogens with zero attached hydrogens (tertiary/aromatic N) is 2. The Morgan fingerprint density at radius 3 is 2.88 bits per heavy atom. The molecule has 2 N–H and O–H groups in total. The van der Waals surface area contributed by atoms with Crippen LogP contribution in [0.3, 0.4) is 0 Å². The Morgan fingerprint density at radius 2 is 2.17 bits per heavy atom. The van der Waals surface area contributed by atoms with E-state index in [1.807, 2.05) is 6.07 Å². The normalized spacial score (nSPS) is 18.3. The Labute approximate surface area is 162 Å². The first kappa shape index (κ1) is 21.2. The first-order valence-electron chi connectivity index (χ1n) is 8.73. The van der Waals surface area contributed by atoms with E-state index in [9.17, 15) is 4.39 Å². The molecule has 1 unspecified atom stereocenters. The molecule has 1 atom stereocenters. The fourth-order valence-corrected chi connectivity index (χ4v) is 3.07. The van der Waals surface area contributed by atoms with Gasteiger partial charge in [0.05, 0.1) is 6.54 Å². The van der Waals surface area contributed by atoms with Gasteiger partial charge in [-0.3, -0.25) is 9.89 Å². The van der Waals surface area contributed by atoms with Crippen LogP contribution in [0.4, 0.5) is 4.39 Å². The van der Waals surface area contributed by atoms with E-state index < -0.39 is 0 Å². The van der Waals surface area contributed by atoms with Crippen LogP contribution in [0.25, 0.3) is 0 Å². The van der Waals surface area contributed by atoms with Gasteiger partial charge in [-0.05, 0) is 57.0 Å². The van der Waals surface area contributed by atoms with Crippen molar-refractivity contribution >= 4 is 29.9 Å². The maximum absolute atomic E-state index is 13.2. The van der Waals surface area contributed by atoms with Gasteiger partial charge in [0.15, 0.2) is 5.96 Å². The topological polar surface area (TPSA) is 39.7 Å². The lowest BCUT2D eigenvalue weighted by Gasteiger charge is -2.21. The molecule has 1 saturated heterocycles. The van der Waals surface area contributed by atoms with Crippen molar-refractivity contribution in [2.24, 2.45) is 4.99 Å². The van der Waals surface area contributed by atoms with Crippen molar-refractivity contribution in [1.29, 1.82) is 0 Å². The van der Waals surface area contributed by atoms with E-state index in [1.54, 1.807) is 12.1 Å². The van der Waals surface area contributed by atoms with Gasteiger partial charge in [0.1, 0.15) is 5.82 Å². The summed E-state index contributed by atoms with van der Waals surface area (Å²) in [6.07, 6.45) is 3.30. The second-order valence-electron chi connectivity index (χ2n) is 5.95. The predicted molar refractivity (Wildman–Crippen MR) is 110 cm³/mol. The molecule has 0 aliphatic carbocycles. The number of guanidine groups is 1. The van der Waals surface area contributed by atoms with E-state index in [4.69, 9.17) is 4.99 Å². The highest BCUT2D eigenvalue weighted by Gasteiger charge is 2.22. The molecule has 0 amide bonds. The zero-order valence-corrected chi connectivity index (χ0v) is 17.1. The number of likely N-dealkylation sites (N-methyl/N-ethyl adjacent to an activating group) is 1. The minimum absolute atomic E-state index is 0. The van der Waals surface area contributed by atoms with E-state index >= 15 is 0 Å². The average molecular weight is 448 g/mol. The van der Waals surface area contributed by atoms with Gasteiger partial charge < -0.3 is 10.6 Å². The summed E-state index contributed by atoms with van der Waals surface area (Å²) in [5.41, 5.74) is 1.00. The zero-order chi connectivity index (χ0) is 16.5. The third kappa shape index (κ3) is 6.93. The summed E-state index contributed by atoms with van der Waals surface area (Å²) in [4.78, 5) is 7.22. The summed E-state index contributed by atoms with van der Waals surface area (Å²) < 4.78 is 13.2. The van der Waals surface area contributed by atoms with Gasteiger partial charge in [-0.1, -0.05) is 19.1 Å². The Bertz CT molecular complexity index is 510. The van der Waals surface area contributed by atoms with Crippen LogP contribution in [0.15, 0.2) is 29.3 Å². The van der Waals surface area contributed by atoms with Crippen LogP contribution < -0.4 is 10.6 Å². The van der Waals surface area contributed by atoms with Crippen molar-refractivity contribution in [2.75, 3.05) is 32.7 Å². The summed E-state index contributed by atoms with van der Waals surface area (Å²) in [7, 11) is 0. The largest absolute Gasteiger partial charge is 0.357 e. The number of nitrogens with one attached hydrogen (secondary N) is 2. The van der Waals surface area contributed by atoms with Crippen LogP contribution in [0, 0.1) is 5.82 Å².